The molecule has 0 bridgehead atoms. The van der Waals surface area contributed by atoms with Crippen molar-refractivity contribution in [3.63, 3.8) is 0 Å². The fourth-order valence-electron chi connectivity index (χ4n) is 2.75. The number of carbonyl (C=O) groups is 1. The van der Waals surface area contributed by atoms with Crippen LogP contribution in [0.2, 0.25) is 5.02 Å². The van der Waals surface area contributed by atoms with E-state index < -0.39 is 0 Å². The highest BCUT2D eigenvalue weighted by Crippen LogP contribution is 2.19. The third kappa shape index (κ3) is 5.42. The van der Waals surface area contributed by atoms with Gasteiger partial charge < -0.3 is 5.32 Å². The van der Waals surface area contributed by atoms with Gasteiger partial charge in [-0.05, 0) is 30.3 Å². The summed E-state index contributed by atoms with van der Waals surface area (Å²) in [5.41, 5.74) is 2.08. The monoisotopic (exact) mass is 446 g/mol. The SMILES string of the molecule is CN(CC(=O)Nc1ccnn1Cc1ccccc1Cl)Cc1ccccc1Br. The molecule has 0 fully saturated rings. The van der Waals surface area contributed by atoms with E-state index in [0.29, 0.717) is 23.9 Å². The first-order valence-corrected chi connectivity index (χ1v) is 9.67. The molecular formula is C20H20BrClN4O. The maximum atomic E-state index is 12.4. The fraction of sp³-hybridized carbons (Fsp3) is 0.200. The highest BCUT2D eigenvalue weighted by atomic mass is 79.9. The Morgan fingerprint density at radius 3 is 2.59 bits per heavy atom. The van der Waals surface area contributed by atoms with Crippen molar-refractivity contribution in [1.82, 2.24) is 14.7 Å². The predicted molar refractivity (Wildman–Crippen MR) is 112 cm³/mol. The molecule has 1 N–H and O–H groups in total. The lowest BCUT2D eigenvalue weighted by atomic mass is 10.2. The quantitative estimate of drug-likeness (QED) is 0.583. The second-order valence-electron chi connectivity index (χ2n) is 6.28. The number of benzene rings is 2. The second-order valence-corrected chi connectivity index (χ2v) is 7.54. The van der Waals surface area contributed by atoms with Crippen molar-refractivity contribution in [3.05, 3.63) is 81.4 Å². The first-order valence-electron chi connectivity index (χ1n) is 8.50. The van der Waals surface area contributed by atoms with Crippen LogP contribution in [0.15, 0.2) is 65.3 Å². The van der Waals surface area contributed by atoms with Crippen molar-refractivity contribution in [2.45, 2.75) is 13.1 Å². The molecule has 1 amide bonds. The van der Waals surface area contributed by atoms with Gasteiger partial charge in [-0.1, -0.05) is 63.9 Å². The van der Waals surface area contributed by atoms with E-state index in [4.69, 9.17) is 11.6 Å². The van der Waals surface area contributed by atoms with E-state index in [9.17, 15) is 4.79 Å². The third-order valence-electron chi connectivity index (χ3n) is 4.07. The Balaban J connectivity index is 1.59. The van der Waals surface area contributed by atoms with Crippen molar-refractivity contribution in [2.24, 2.45) is 0 Å². The number of likely N-dealkylation sites (N-methyl/N-ethyl adjacent to an activating group) is 1. The van der Waals surface area contributed by atoms with E-state index >= 15 is 0 Å². The molecule has 0 aliphatic carbocycles. The summed E-state index contributed by atoms with van der Waals surface area (Å²) in [6.07, 6.45) is 1.66. The standard InChI is InChI=1S/C20H20BrClN4O/c1-25(12-15-6-2-4-8-17(15)21)14-20(27)24-19-10-11-23-26(19)13-16-7-3-5-9-18(16)22/h2-11H,12-14H2,1H3,(H,24,27). The normalized spacial score (nSPS) is 11.0. The Kier molecular flexibility index (Phi) is 6.66. The largest absolute Gasteiger partial charge is 0.310 e. The van der Waals surface area contributed by atoms with Crippen molar-refractivity contribution >= 4 is 39.3 Å². The van der Waals surface area contributed by atoms with Crippen LogP contribution in [-0.2, 0) is 17.9 Å². The predicted octanol–water partition coefficient (Wildman–Crippen LogP) is 4.42. The lowest BCUT2D eigenvalue weighted by molar-refractivity contribution is -0.117. The number of carbonyl (C=O) groups excluding carboxylic acids is 1. The summed E-state index contributed by atoms with van der Waals surface area (Å²) < 4.78 is 2.77. The Morgan fingerprint density at radius 2 is 1.85 bits per heavy atom. The van der Waals surface area contributed by atoms with E-state index in [1.165, 1.54) is 0 Å². The Bertz CT molecular complexity index is 928. The van der Waals surface area contributed by atoms with Gasteiger partial charge in [0, 0.05) is 22.1 Å². The van der Waals surface area contributed by atoms with Crippen LogP contribution in [0.4, 0.5) is 5.82 Å². The van der Waals surface area contributed by atoms with Crippen molar-refractivity contribution in [1.29, 1.82) is 0 Å². The molecule has 0 aliphatic rings. The van der Waals surface area contributed by atoms with Crippen LogP contribution in [0.1, 0.15) is 11.1 Å². The Labute approximate surface area is 172 Å². The number of amides is 1. The van der Waals surface area contributed by atoms with Crippen molar-refractivity contribution < 1.29 is 4.79 Å². The molecule has 1 aromatic heterocycles. The molecule has 27 heavy (non-hydrogen) atoms. The number of aromatic nitrogens is 2. The van der Waals surface area contributed by atoms with E-state index in [2.05, 4.69) is 26.3 Å². The third-order valence-corrected chi connectivity index (χ3v) is 5.22. The zero-order valence-electron chi connectivity index (χ0n) is 14.9. The summed E-state index contributed by atoms with van der Waals surface area (Å²) in [4.78, 5) is 14.4. The number of anilines is 1. The van der Waals surface area contributed by atoms with E-state index in [0.717, 1.165) is 15.6 Å². The summed E-state index contributed by atoms with van der Waals surface area (Å²) in [6, 6.07) is 17.4. The molecule has 3 rings (SSSR count). The highest BCUT2D eigenvalue weighted by molar-refractivity contribution is 9.10. The van der Waals surface area contributed by atoms with Gasteiger partial charge in [0.1, 0.15) is 5.82 Å². The van der Waals surface area contributed by atoms with Crippen LogP contribution in [0, 0.1) is 0 Å². The minimum Gasteiger partial charge on any atom is -0.310 e. The fourth-order valence-corrected chi connectivity index (χ4v) is 3.36. The molecule has 0 spiro atoms. The molecule has 0 saturated carbocycles. The molecule has 2 aromatic carbocycles. The number of hydrogen-bond donors (Lipinski definition) is 1. The van der Waals surface area contributed by atoms with Gasteiger partial charge in [-0.2, -0.15) is 5.10 Å². The first kappa shape index (κ1) is 19.6. The van der Waals surface area contributed by atoms with E-state index in [1.807, 2.05) is 60.5 Å². The summed E-state index contributed by atoms with van der Waals surface area (Å²) in [5, 5.41) is 7.89. The summed E-state index contributed by atoms with van der Waals surface area (Å²) in [6.45, 7) is 1.45. The van der Waals surface area contributed by atoms with Gasteiger partial charge in [0.15, 0.2) is 0 Å². The molecule has 0 saturated heterocycles. The van der Waals surface area contributed by atoms with Gasteiger partial charge in [0.05, 0.1) is 19.3 Å². The minimum absolute atomic E-state index is 0.0922. The number of rotatable bonds is 7. The Hall–Kier alpha value is -2.15. The lowest BCUT2D eigenvalue weighted by Gasteiger charge is -2.17. The molecular weight excluding hydrogens is 428 g/mol. The van der Waals surface area contributed by atoms with Gasteiger partial charge in [-0.3, -0.25) is 9.69 Å². The van der Waals surface area contributed by atoms with Crippen LogP contribution >= 0.6 is 27.5 Å². The average Bonchev–Trinajstić information content (AvgIpc) is 3.05. The average molecular weight is 448 g/mol. The zero-order valence-corrected chi connectivity index (χ0v) is 17.2. The van der Waals surface area contributed by atoms with Crippen LogP contribution < -0.4 is 5.32 Å². The molecule has 140 valence electrons. The molecule has 0 aliphatic heterocycles. The number of nitrogens with one attached hydrogen (secondary N) is 1. The zero-order chi connectivity index (χ0) is 19.2. The summed E-state index contributed by atoms with van der Waals surface area (Å²) >= 11 is 9.76. The number of hydrogen-bond acceptors (Lipinski definition) is 3. The van der Waals surface area contributed by atoms with Gasteiger partial charge in [-0.25, -0.2) is 4.68 Å². The topological polar surface area (TPSA) is 50.2 Å². The summed E-state index contributed by atoms with van der Waals surface area (Å²) in [5.74, 6) is 0.555. The minimum atomic E-state index is -0.0922. The highest BCUT2D eigenvalue weighted by Gasteiger charge is 2.12. The molecule has 5 nitrogen and oxygen atoms in total. The van der Waals surface area contributed by atoms with Crippen LogP contribution in [0.25, 0.3) is 0 Å². The number of nitrogens with zero attached hydrogens (tertiary/aromatic N) is 3. The second kappa shape index (κ2) is 9.17. The maximum absolute atomic E-state index is 12.4. The molecule has 3 aromatic rings. The first-order chi connectivity index (χ1) is 13.0. The molecule has 0 atom stereocenters. The smallest absolute Gasteiger partial charge is 0.239 e. The lowest BCUT2D eigenvalue weighted by Crippen LogP contribution is -2.30. The van der Waals surface area contributed by atoms with Gasteiger partial charge >= 0.3 is 0 Å². The summed E-state index contributed by atoms with van der Waals surface area (Å²) in [7, 11) is 1.92. The van der Waals surface area contributed by atoms with Crippen molar-refractivity contribution in [2.75, 3.05) is 18.9 Å². The molecule has 0 radical (unpaired) electrons. The van der Waals surface area contributed by atoms with Gasteiger partial charge in [0.25, 0.3) is 0 Å². The van der Waals surface area contributed by atoms with Crippen LogP contribution in [-0.4, -0.2) is 34.2 Å². The van der Waals surface area contributed by atoms with E-state index in [1.54, 1.807) is 16.9 Å². The Morgan fingerprint density at radius 1 is 1.15 bits per heavy atom. The van der Waals surface area contributed by atoms with Crippen LogP contribution in [0.3, 0.4) is 0 Å². The van der Waals surface area contributed by atoms with Crippen molar-refractivity contribution in [3.8, 4) is 0 Å². The van der Waals surface area contributed by atoms with Crippen LogP contribution in [0.5, 0.6) is 0 Å². The number of halogens is 2. The molecule has 0 unspecified atom stereocenters. The van der Waals surface area contributed by atoms with Gasteiger partial charge in [0.2, 0.25) is 5.91 Å². The van der Waals surface area contributed by atoms with Gasteiger partial charge in [-0.15, -0.1) is 0 Å². The van der Waals surface area contributed by atoms with E-state index in [-0.39, 0.29) is 12.5 Å². The molecule has 1 heterocycles. The molecule has 7 heteroatoms. The maximum Gasteiger partial charge on any atom is 0.239 e.